The van der Waals surface area contributed by atoms with Crippen LogP contribution in [0.25, 0.3) is 0 Å². The quantitative estimate of drug-likeness (QED) is 0.701. The van der Waals surface area contributed by atoms with Gasteiger partial charge in [0.15, 0.2) is 0 Å². The fourth-order valence-corrected chi connectivity index (χ4v) is 3.97. The predicted molar refractivity (Wildman–Crippen MR) is 107 cm³/mol. The van der Waals surface area contributed by atoms with E-state index in [4.69, 9.17) is 11.6 Å². The van der Waals surface area contributed by atoms with Crippen LogP contribution in [0.3, 0.4) is 0 Å². The molecule has 0 aliphatic carbocycles. The van der Waals surface area contributed by atoms with E-state index in [0.717, 1.165) is 18.4 Å². The lowest BCUT2D eigenvalue weighted by molar-refractivity contribution is -0.131. The van der Waals surface area contributed by atoms with E-state index in [1.807, 2.05) is 29.2 Å². The van der Waals surface area contributed by atoms with E-state index in [1.165, 1.54) is 0 Å². The van der Waals surface area contributed by atoms with Crippen molar-refractivity contribution in [3.05, 3.63) is 34.9 Å². The Labute approximate surface area is 163 Å². The Morgan fingerprint density at radius 2 is 1.85 bits per heavy atom. The predicted octanol–water partition coefficient (Wildman–Crippen LogP) is 4.09. The molecular formula is C21H33ClN2O2. The van der Waals surface area contributed by atoms with Crippen LogP contribution in [0.15, 0.2) is 24.3 Å². The van der Waals surface area contributed by atoms with Crippen molar-refractivity contribution in [3.63, 3.8) is 0 Å². The molecule has 1 saturated heterocycles. The second-order valence-electron chi connectivity index (χ2n) is 7.50. The van der Waals surface area contributed by atoms with E-state index in [0.29, 0.717) is 43.0 Å². The summed E-state index contributed by atoms with van der Waals surface area (Å²) in [6, 6.07) is 8.29. The number of hydrogen-bond acceptors (Lipinski definition) is 3. The lowest BCUT2D eigenvalue weighted by Crippen LogP contribution is -2.50. The van der Waals surface area contributed by atoms with E-state index in [9.17, 15) is 9.90 Å². The summed E-state index contributed by atoms with van der Waals surface area (Å²) in [6.07, 6.45) is 2.75. The minimum atomic E-state index is -0.549. The maximum absolute atomic E-state index is 12.4. The molecule has 0 spiro atoms. The molecule has 146 valence electrons. The Morgan fingerprint density at radius 3 is 2.42 bits per heavy atom. The largest absolute Gasteiger partial charge is 0.390 e. The van der Waals surface area contributed by atoms with E-state index in [1.54, 1.807) is 0 Å². The highest BCUT2D eigenvalue weighted by atomic mass is 35.5. The Morgan fingerprint density at radius 1 is 1.23 bits per heavy atom. The molecule has 26 heavy (non-hydrogen) atoms. The molecule has 0 radical (unpaired) electrons. The average Bonchev–Trinajstić information content (AvgIpc) is 3.00. The van der Waals surface area contributed by atoms with Crippen LogP contribution in [0.2, 0.25) is 5.02 Å². The van der Waals surface area contributed by atoms with E-state index in [2.05, 4.69) is 32.6 Å². The second-order valence-corrected chi connectivity index (χ2v) is 7.90. The highest BCUT2D eigenvalue weighted by Gasteiger charge is 2.37. The summed E-state index contributed by atoms with van der Waals surface area (Å²) in [5.41, 5.74) is 0.933. The number of carbonyl (C=O) groups excluding carboxylic acids is 1. The molecule has 1 aromatic rings. The van der Waals surface area contributed by atoms with Crippen molar-refractivity contribution in [2.75, 3.05) is 6.54 Å². The topological polar surface area (TPSA) is 43.8 Å². The number of amides is 1. The van der Waals surface area contributed by atoms with Crippen LogP contribution in [0, 0.1) is 0 Å². The number of hydrogen-bond donors (Lipinski definition) is 1. The van der Waals surface area contributed by atoms with Gasteiger partial charge in [0.25, 0.3) is 0 Å². The van der Waals surface area contributed by atoms with Crippen LogP contribution < -0.4 is 0 Å². The molecule has 1 fully saturated rings. The zero-order valence-corrected chi connectivity index (χ0v) is 17.2. The summed E-state index contributed by atoms with van der Waals surface area (Å²) in [5, 5.41) is 11.6. The smallest absolute Gasteiger partial charge is 0.223 e. The van der Waals surface area contributed by atoms with Gasteiger partial charge < -0.3 is 10.0 Å². The van der Waals surface area contributed by atoms with Gasteiger partial charge in [0.05, 0.1) is 12.1 Å². The normalized spacial score (nSPS) is 21.3. The van der Waals surface area contributed by atoms with Gasteiger partial charge in [-0.05, 0) is 44.7 Å². The molecule has 2 rings (SSSR count). The standard InChI is InChI=1S/C21H33ClN2O2/c1-5-15(3)23(16(4)6-2)14-20(25)19-11-12-21(26)24(19)13-17-9-7-8-10-18(17)22/h7-10,15-16,19-20,25H,5-6,11-14H2,1-4H3/t15-,16-,19-,20+/m1/s1. The number of aliphatic hydroxyl groups is 1. The fourth-order valence-electron chi connectivity index (χ4n) is 3.77. The Kier molecular flexibility index (Phi) is 7.93. The summed E-state index contributed by atoms with van der Waals surface area (Å²) in [5.74, 6) is 0.104. The molecule has 4 nitrogen and oxygen atoms in total. The maximum Gasteiger partial charge on any atom is 0.223 e. The number of carbonyl (C=O) groups is 1. The summed E-state index contributed by atoms with van der Waals surface area (Å²) in [4.78, 5) is 16.6. The van der Waals surface area contributed by atoms with Crippen molar-refractivity contribution in [1.82, 2.24) is 9.80 Å². The van der Waals surface area contributed by atoms with Gasteiger partial charge in [0.1, 0.15) is 0 Å². The molecule has 1 N–H and O–H groups in total. The third-order valence-electron chi connectivity index (χ3n) is 5.83. The maximum atomic E-state index is 12.4. The molecule has 4 atom stereocenters. The zero-order valence-electron chi connectivity index (χ0n) is 16.5. The van der Waals surface area contributed by atoms with Gasteiger partial charge in [-0.2, -0.15) is 0 Å². The lowest BCUT2D eigenvalue weighted by Gasteiger charge is -2.38. The third-order valence-corrected chi connectivity index (χ3v) is 6.20. The number of benzene rings is 1. The van der Waals surface area contributed by atoms with Gasteiger partial charge >= 0.3 is 0 Å². The molecule has 1 aromatic carbocycles. The van der Waals surface area contributed by atoms with Gasteiger partial charge in [-0.3, -0.25) is 9.69 Å². The third kappa shape index (κ3) is 4.99. The van der Waals surface area contributed by atoms with Crippen LogP contribution in [0.5, 0.6) is 0 Å². The molecule has 0 bridgehead atoms. The average molecular weight is 381 g/mol. The highest BCUT2D eigenvalue weighted by Crippen LogP contribution is 2.27. The molecule has 1 aliphatic rings. The fraction of sp³-hybridized carbons (Fsp3) is 0.667. The minimum absolute atomic E-state index is 0.104. The van der Waals surface area contributed by atoms with Gasteiger partial charge in [-0.25, -0.2) is 0 Å². The number of nitrogens with zero attached hydrogens (tertiary/aromatic N) is 2. The van der Waals surface area contributed by atoms with Crippen LogP contribution in [0.4, 0.5) is 0 Å². The van der Waals surface area contributed by atoms with E-state index in [-0.39, 0.29) is 11.9 Å². The molecular weight excluding hydrogens is 348 g/mol. The summed E-state index contributed by atoms with van der Waals surface area (Å²) < 4.78 is 0. The molecule has 1 heterocycles. The van der Waals surface area contributed by atoms with Crippen molar-refractivity contribution < 1.29 is 9.90 Å². The molecule has 0 saturated carbocycles. The van der Waals surface area contributed by atoms with Crippen molar-refractivity contribution in [3.8, 4) is 0 Å². The lowest BCUT2D eigenvalue weighted by atomic mass is 10.0. The van der Waals surface area contributed by atoms with Crippen molar-refractivity contribution in [1.29, 1.82) is 0 Å². The van der Waals surface area contributed by atoms with Crippen molar-refractivity contribution in [2.24, 2.45) is 0 Å². The first-order valence-electron chi connectivity index (χ1n) is 9.85. The summed E-state index contributed by atoms with van der Waals surface area (Å²) in [6.45, 7) is 9.83. The Balaban J connectivity index is 2.11. The van der Waals surface area contributed by atoms with Crippen molar-refractivity contribution in [2.45, 2.75) is 84.2 Å². The number of aliphatic hydroxyl groups excluding tert-OH is 1. The monoisotopic (exact) mass is 380 g/mol. The minimum Gasteiger partial charge on any atom is -0.390 e. The van der Waals surface area contributed by atoms with Crippen LogP contribution >= 0.6 is 11.6 Å². The van der Waals surface area contributed by atoms with Crippen LogP contribution in [-0.4, -0.2) is 51.6 Å². The molecule has 5 heteroatoms. The molecule has 0 aromatic heterocycles. The number of halogens is 1. The Hall–Kier alpha value is -1.10. The molecule has 1 amide bonds. The number of likely N-dealkylation sites (tertiary alicyclic amines) is 1. The first-order chi connectivity index (χ1) is 12.4. The first kappa shape index (κ1) is 21.2. The van der Waals surface area contributed by atoms with E-state index >= 15 is 0 Å². The summed E-state index contributed by atoms with van der Waals surface area (Å²) >= 11 is 6.27. The number of rotatable bonds is 9. The SMILES string of the molecule is CC[C@@H](C)N(C[C@H](O)[C@H]1CCC(=O)N1Cc1ccccc1Cl)[C@H](C)CC. The highest BCUT2D eigenvalue weighted by molar-refractivity contribution is 6.31. The summed E-state index contributed by atoms with van der Waals surface area (Å²) in [7, 11) is 0. The Bertz CT molecular complexity index is 585. The van der Waals surface area contributed by atoms with Crippen molar-refractivity contribution >= 4 is 17.5 Å². The van der Waals surface area contributed by atoms with Gasteiger partial charge in [0, 0.05) is 36.6 Å². The molecule has 0 unspecified atom stereocenters. The molecule has 1 aliphatic heterocycles. The van der Waals surface area contributed by atoms with Crippen LogP contribution in [0.1, 0.15) is 58.9 Å². The first-order valence-corrected chi connectivity index (χ1v) is 10.2. The second kappa shape index (κ2) is 9.72. The zero-order chi connectivity index (χ0) is 19.3. The van der Waals surface area contributed by atoms with Gasteiger partial charge in [-0.1, -0.05) is 43.6 Å². The van der Waals surface area contributed by atoms with Gasteiger partial charge in [0.2, 0.25) is 5.91 Å². The van der Waals surface area contributed by atoms with Crippen LogP contribution in [-0.2, 0) is 11.3 Å². The van der Waals surface area contributed by atoms with E-state index < -0.39 is 6.10 Å². The van der Waals surface area contributed by atoms with Gasteiger partial charge in [-0.15, -0.1) is 0 Å².